The van der Waals surface area contributed by atoms with Gasteiger partial charge in [0.1, 0.15) is 11.2 Å². The first kappa shape index (κ1) is 18.0. The first-order valence-corrected chi connectivity index (χ1v) is 9.44. The second-order valence-corrected chi connectivity index (χ2v) is 9.13. The van der Waals surface area contributed by atoms with Gasteiger partial charge in [0.25, 0.3) is 0 Å². The molecular weight excluding hydrogens is 394 g/mol. The Morgan fingerprint density at radius 3 is 2.42 bits per heavy atom. The van der Waals surface area contributed by atoms with Crippen molar-refractivity contribution in [2.24, 2.45) is 11.8 Å². The molecule has 1 aromatic rings. The Kier molecular flexibility index (Phi) is 4.65. The molecule has 1 unspecified atom stereocenters. The molecule has 6 heteroatoms. The molecular formula is C18H23BrClNO3. The van der Waals surface area contributed by atoms with Crippen LogP contribution in [-0.2, 0) is 10.3 Å². The molecule has 2 aliphatic rings. The Balaban J connectivity index is 1.84. The van der Waals surface area contributed by atoms with E-state index in [9.17, 15) is 9.90 Å². The highest BCUT2D eigenvalue weighted by Gasteiger charge is 2.55. The zero-order valence-electron chi connectivity index (χ0n) is 14.2. The minimum absolute atomic E-state index is 0.0255. The Bertz CT molecular complexity index is 644. The van der Waals surface area contributed by atoms with Gasteiger partial charge in [0.2, 0.25) is 0 Å². The topological polar surface area (TPSA) is 49.8 Å². The van der Waals surface area contributed by atoms with Gasteiger partial charge in [-0.15, -0.1) is 0 Å². The molecule has 1 heterocycles. The third-order valence-corrected chi connectivity index (χ3v) is 5.81. The maximum Gasteiger partial charge on any atom is 0.410 e. The fraction of sp³-hybridized carbons (Fsp3) is 0.611. The summed E-state index contributed by atoms with van der Waals surface area (Å²) in [6.45, 7) is 6.58. The normalized spacial score (nSPS) is 29.7. The lowest BCUT2D eigenvalue weighted by atomic mass is 9.75. The van der Waals surface area contributed by atoms with Crippen molar-refractivity contribution in [2.75, 3.05) is 13.1 Å². The van der Waals surface area contributed by atoms with Crippen LogP contribution in [0.3, 0.4) is 0 Å². The highest BCUT2D eigenvalue weighted by Crippen LogP contribution is 2.53. The van der Waals surface area contributed by atoms with Gasteiger partial charge in [0, 0.05) is 40.0 Å². The molecule has 0 aromatic heterocycles. The van der Waals surface area contributed by atoms with E-state index in [0.717, 1.165) is 22.9 Å². The number of carbonyl (C=O) groups excluding carboxylic acids is 1. The number of hydrogen-bond acceptors (Lipinski definition) is 3. The van der Waals surface area contributed by atoms with Gasteiger partial charge < -0.3 is 14.7 Å². The number of halogens is 2. The van der Waals surface area contributed by atoms with Crippen molar-refractivity contribution < 1.29 is 14.6 Å². The summed E-state index contributed by atoms with van der Waals surface area (Å²) >= 11 is 9.81. The summed E-state index contributed by atoms with van der Waals surface area (Å²) in [5.74, 6) is -0.0510. The van der Waals surface area contributed by atoms with E-state index < -0.39 is 11.2 Å². The molecule has 1 saturated heterocycles. The van der Waals surface area contributed by atoms with Crippen LogP contribution in [0.1, 0.15) is 39.2 Å². The summed E-state index contributed by atoms with van der Waals surface area (Å²) in [6.07, 6.45) is 1.46. The molecule has 1 N–H and O–H groups in total. The lowest BCUT2D eigenvalue weighted by Crippen LogP contribution is -2.54. The maximum absolute atomic E-state index is 12.4. The molecule has 1 aliphatic heterocycles. The molecule has 1 aliphatic carbocycles. The molecule has 24 heavy (non-hydrogen) atoms. The predicted octanol–water partition coefficient (Wildman–Crippen LogP) is 4.57. The standard InChI is InChI=1S/C18H23BrClNO3/c1-17(2,3)24-16(22)21-9-11-4-5-12(10-21)18(11,23)14-7-6-13(19)8-15(14)20/h6-8,11-12,23H,4-5,9-10H2,1-3H3/t11-,12+,18?. The average molecular weight is 417 g/mol. The highest BCUT2D eigenvalue weighted by atomic mass is 79.9. The first-order valence-electron chi connectivity index (χ1n) is 8.27. The third kappa shape index (κ3) is 3.18. The first-order chi connectivity index (χ1) is 11.1. The van der Waals surface area contributed by atoms with E-state index >= 15 is 0 Å². The number of amides is 1. The fourth-order valence-electron chi connectivity index (χ4n) is 3.97. The third-order valence-electron chi connectivity index (χ3n) is 5.00. The second-order valence-electron chi connectivity index (χ2n) is 7.81. The molecule has 3 atom stereocenters. The summed E-state index contributed by atoms with van der Waals surface area (Å²) in [4.78, 5) is 14.1. The van der Waals surface area contributed by atoms with Gasteiger partial charge in [-0.2, -0.15) is 0 Å². The van der Waals surface area contributed by atoms with E-state index in [0.29, 0.717) is 18.1 Å². The van der Waals surface area contributed by atoms with Crippen molar-refractivity contribution in [3.63, 3.8) is 0 Å². The van der Waals surface area contributed by atoms with Gasteiger partial charge in [0.15, 0.2) is 0 Å². The van der Waals surface area contributed by atoms with Crippen molar-refractivity contribution in [3.05, 3.63) is 33.3 Å². The number of piperidine rings is 1. The quantitative estimate of drug-likeness (QED) is 0.730. The summed E-state index contributed by atoms with van der Waals surface area (Å²) in [5, 5.41) is 12.0. The largest absolute Gasteiger partial charge is 0.444 e. The van der Waals surface area contributed by atoms with Crippen molar-refractivity contribution in [1.82, 2.24) is 4.90 Å². The van der Waals surface area contributed by atoms with Gasteiger partial charge in [0.05, 0.1) is 0 Å². The summed E-state index contributed by atoms with van der Waals surface area (Å²) < 4.78 is 6.38. The van der Waals surface area contributed by atoms with E-state index in [-0.39, 0.29) is 17.9 Å². The van der Waals surface area contributed by atoms with Crippen LogP contribution >= 0.6 is 27.5 Å². The number of rotatable bonds is 1. The van der Waals surface area contributed by atoms with Crippen molar-refractivity contribution in [1.29, 1.82) is 0 Å². The number of carbonyl (C=O) groups is 1. The summed E-state index contributed by atoms with van der Waals surface area (Å²) in [5.41, 5.74) is -0.724. The molecule has 2 bridgehead atoms. The zero-order valence-corrected chi connectivity index (χ0v) is 16.5. The van der Waals surface area contributed by atoms with Crippen molar-refractivity contribution in [3.8, 4) is 0 Å². The van der Waals surface area contributed by atoms with Crippen LogP contribution in [0, 0.1) is 11.8 Å². The van der Waals surface area contributed by atoms with Crippen LogP contribution in [0.15, 0.2) is 22.7 Å². The van der Waals surface area contributed by atoms with E-state index in [1.54, 1.807) is 4.90 Å². The maximum atomic E-state index is 12.4. The SMILES string of the molecule is CC(C)(C)OC(=O)N1C[C@H]2CC[C@@H](C1)C2(O)c1ccc(Br)cc1Cl. The van der Waals surface area contributed by atoms with Gasteiger partial charge >= 0.3 is 6.09 Å². The molecule has 1 aromatic carbocycles. The Hall–Kier alpha value is -0.780. The van der Waals surface area contributed by atoms with Crippen LogP contribution in [0.2, 0.25) is 5.02 Å². The van der Waals surface area contributed by atoms with Crippen LogP contribution in [0.5, 0.6) is 0 Å². The number of ether oxygens (including phenoxy) is 1. The lowest BCUT2D eigenvalue weighted by molar-refractivity contribution is -0.0901. The molecule has 3 rings (SSSR count). The van der Waals surface area contributed by atoms with Crippen LogP contribution in [0.25, 0.3) is 0 Å². The Morgan fingerprint density at radius 1 is 1.33 bits per heavy atom. The number of fused-ring (bicyclic) bond motifs is 2. The summed E-state index contributed by atoms with van der Waals surface area (Å²) in [7, 11) is 0. The highest BCUT2D eigenvalue weighted by molar-refractivity contribution is 9.10. The molecule has 0 spiro atoms. The Morgan fingerprint density at radius 2 is 1.92 bits per heavy atom. The lowest BCUT2D eigenvalue weighted by Gasteiger charge is -2.45. The minimum atomic E-state index is -0.976. The number of aliphatic hydroxyl groups is 1. The predicted molar refractivity (Wildman–Crippen MR) is 97.1 cm³/mol. The monoisotopic (exact) mass is 415 g/mol. The fourth-order valence-corrected chi connectivity index (χ4v) is 4.80. The van der Waals surface area contributed by atoms with Crippen molar-refractivity contribution in [2.45, 2.75) is 44.8 Å². The molecule has 132 valence electrons. The minimum Gasteiger partial charge on any atom is -0.444 e. The van der Waals surface area contributed by atoms with Gasteiger partial charge in [-0.25, -0.2) is 4.79 Å². The zero-order chi connectivity index (χ0) is 17.7. The Labute approximate surface area is 156 Å². The van der Waals surface area contributed by atoms with E-state index in [1.165, 1.54) is 0 Å². The van der Waals surface area contributed by atoms with Gasteiger partial charge in [-0.1, -0.05) is 33.6 Å². The molecule has 1 saturated carbocycles. The van der Waals surface area contributed by atoms with Crippen LogP contribution in [-0.4, -0.2) is 34.8 Å². The summed E-state index contributed by atoms with van der Waals surface area (Å²) in [6, 6.07) is 5.61. The van der Waals surface area contributed by atoms with Gasteiger partial charge in [-0.05, 0) is 45.7 Å². The van der Waals surface area contributed by atoms with Gasteiger partial charge in [-0.3, -0.25) is 0 Å². The van der Waals surface area contributed by atoms with Crippen LogP contribution < -0.4 is 0 Å². The van der Waals surface area contributed by atoms with E-state index in [2.05, 4.69) is 15.9 Å². The molecule has 4 nitrogen and oxygen atoms in total. The number of hydrogen-bond donors (Lipinski definition) is 1. The molecule has 2 fully saturated rings. The van der Waals surface area contributed by atoms with Crippen molar-refractivity contribution >= 4 is 33.6 Å². The average Bonchev–Trinajstić information content (AvgIpc) is 2.64. The number of likely N-dealkylation sites (tertiary alicyclic amines) is 1. The number of benzene rings is 1. The molecule has 1 amide bonds. The smallest absolute Gasteiger partial charge is 0.410 e. The van der Waals surface area contributed by atoms with Crippen LogP contribution in [0.4, 0.5) is 4.79 Å². The van der Waals surface area contributed by atoms with E-state index in [4.69, 9.17) is 16.3 Å². The second kappa shape index (κ2) is 6.19. The van der Waals surface area contributed by atoms with E-state index in [1.807, 2.05) is 39.0 Å². The number of nitrogens with zero attached hydrogens (tertiary/aromatic N) is 1. The molecule has 0 radical (unpaired) electrons.